The fourth-order valence-electron chi connectivity index (χ4n) is 2.27. The van der Waals surface area contributed by atoms with Crippen LogP contribution in [0.3, 0.4) is 0 Å². The number of carbonyl (C=O) groups excluding carboxylic acids is 1. The molecule has 0 unspecified atom stereocenters. The first-order valence-corrected chi connectivity index (χ1v) is 9.19. The average molecular weight is 234 g/mol. The molecular weight excluding hydrogens is 216 g/mol. The van der Waals surface area contributed by atoms with Crippen molar-refractivity contribution in [2.45, 2.75) is 25.6 Å². The molecule has 2 heterocycles. The van der Waals surface area contributed by atoms with E-state index in [1.54, 1.807) is 12.4 Å². The Kier molecular flexibility index (Phi) is 3.09. The van der Waals surface area contributed by atoms with Crippen molar-refractivity contribution < 1.29 is 4.79 Å². The molecule has 16 heavy (non-hydrogen) atoms. The maximum atomic E-state index is 12.2. The van der Waals surface area contributed by atoms with Gasteiger partial charge in [-0.3, -0.25) is 9.78 Å². The monoisotopic (exact) mass is 234 g/mol. The lowest BCUT2D eigenvalue weighted by atomic mass is 10.2. The van der Waals surface area contributed by atoms with E-state index in [9.17, 15) is 4.79 Å². The van der Waals surface area contributed by atoms with Crippen molar-refractivity contribution in [3.05, 3.63) is 30.1 Å². The molecule has 0 aliphatic carbocycles. The molecular formula is C12H18N2OSi. The Balaban J connectivity index is 2.11. The van der Waals surface area contributed by atoms with Crippen molar-refractivity contribution in [1.29, 1.82) is 0 Å². The number of aromatic nitrogens is 1. The lowest BCUT2D eigenvalue weighted by Crippen LogP contribution is -2.49. The van der Waals surface area contributed by atoms with Crippen LogP contribution in [0.2, 0.25) is 19.1 Å². The van der Waals surface area contributed by atoms with Crippen LogP contribution in [-0.2, 0) is 0 Å². The first-order chi connectivity index (χ1) is 7.58. The first kappa shape index (κ1) is 11.3. The van der Waals surface area contributed by atoms with Gasteiger partial charge >= 0.3 is 0 Å². The molecule has 1 aromatic heterocycles. The summed E-state index contributed by atoms with van der Waals surface area (Å²) in [7, 11) is -1.16. The minimum atomic E-state index is -1.16. The molecule has 4 heteroatoms. The van der Waals surface area contributed by atoms with Crippen LogP contribution in [0.5, 0.6) is 0 Å². The van der Waals surface area contributed by atoms with Crippen LogP contribution >= 0.6 is 0 Å². The minimum Gasteiger partial charge on any atom is -0.342 e. The van der Waals surface area contributed by atoms with Gasteiger partial charge in [0.2, 0.25) is 0 Å². The van der Waals surface area contributed by atoms with Gasteiger partial charge in [-0.2, -0.15) is 0 Å². The summed E-state index contributed by atoms with van der Waals surface area (Å²) in [5, 5.41) is 0. The minimum absolute atomic E-state index is 0.147. The summed E-state index contributed by atoms with van der Waals surface area (Å²) in [6, 6.07) is 5.00. The van der Waals surface area contributed by atoms with Crippen molar-refractivity contribution in [2.24, 2.45) is 0 Å². The smallest absolute Gasteiger partial charge is 0.255 e. The van der Waals surface area contributed by atoms with E-state index in [2.05, 4.69) is 18.1 Å². The van der Waals surface area contributed by atoms with E-state index in [1.807, 2.05) is 17.0 Å². The number of amides is 1. The van der Waals surface area contributed by atoms with Gasteiger partial charge in [-0.15, -0.1) is 0 Å². The van der Waals surface area contributed by atoms with Crippen LogP contribution in [0.15, 0.2) is 24.5 Å². The summed E-state index contributed by atoms with van der Waals surface area (Å²) in [4.78, 5) is 18.2. The summed E-state index contributed by atoms with van der Waals surface area (Å²) in [5.41, 5.74) is 0.717. The fraction of sp³-hybridized carbons (Fsp3) is 0.500. The van der Waals surface area contributed by atoms with E-state index >= 15 is 0 Å². The van der Waals surface area contributed by atoms with Gasteiger partial charge in [-0.1, -0.05) is 19.1 Å². The topological polar surface area (TPSA) is 33.2 Å². The molecule has 0 spiro atoms. The number of nitrogens with zero attached hydrogens (tertiary/aromatic N) is 2. The molecule has 1 aliphatic heterocycles. The molecule has 0 aromatic carbocycles. The standard InChI is InChI=1S/C12H18N2OSi/c1-16(2)8-4-7-14(10-16)12(15)11-5-3-6-13-9-11/h3,5-6,9H,4,7-8,10H2,1-2H3. The third kappa shape index (κ3) is 2.50. The van der Waals surface area contributed by atoms with E-state index in [0.717, 1.165) is 19.1 Å². The summed E-state index contributed by atoms with van der Waals surface area (Å²) < 4.78 is 0. The zero-order chi connectivity index (χ0) is 11.6. The van der Waals surface area contributed by atoms with Crippen LogP contribution in [0, 0.1) is 0 Å². The Bertz CT molecular complexity index is 378. The molecule has 0 saturated carbocycles. The van der Waals surface area contributed by atoms with E-state index in [0.29, 0.717) is 5.56 Å². The Morgan fingerprint density at radius 3 is 2.94 bits per heavy atom. The van der Waals surface area contributed by atoms with Crippen molar-refractivity contribution in [3.8, 4) is 0 Å². The fourth-order valence-corrected chi connectivity index (χ4v) is 4.88. The van der Waals surface area contributed by atoms with Crippen molar-refractivity contribution in [2.75, 3.05) is 12.7 Å². The summed E-state index contributed by atoms with van der Waals surface area (Å²) in [6.07, 6.45) is 5.50. The number of rotatable bonds is 1. The van der Waals surface area contributed by atoms with Crippen molar-refractivity contribution >= 4 is 14.0 Å². The van der Waals surface area contributed by atoms with Crippen LogP contribution in [0.1, 0.15) is 16.8 Å². The second-order valence-corrected chi connectivity index (χ2v) is 10.4. The van der Waals surface area contributed by atoms with E-state index in [-0.39, 0.29) is 5.91 Å². The van der Waals surface area contributed by atoms with Gasteiger partial charge in [-0.25, -0.2) is 0 Å². The van der Waals surface area contributed by atoms with E-state index < -0.39 is 8.07 Å². The van der Waals surface area contributed by atoms with Gasteiger partial charge in [-0.05, 0) is 18.6 Å². The molecule has 0 N–H and O–H groups in total. The molecule has 1 aromatic rings. The molecule has 1 amide bonds. The lowest BCUT2D eigenvalue weighted by molar-refractivity contribution is 0.0772. The third-order valence-corrected chi connectivity index (χ3v) is 6.04. The molecule has 0 bridgehead atoms. The number of hydrogen-bond acceptors (Lipinski definition) is 2. The molecule has 2 rings (SSSR count). The Morgan fingerprint density at radius 1 is 1.50 bits per heavy atom. The highest BCUT2D eigenvalue weighted by atomic mass is 28.3. The maximum absolute atomic E-state index is 12.2. The van der Waals surface area contributed by atoms with Gasteiger partial charge < -0.3 is 4.90 Å². The van der Waals surface area contributed by atoms with E-state index in [1.165, 1.54) is 6.04 Å². The van der Waals surface area contributed by atoms with Gasteiger partial charge in [0.15, 0.2) is 0 Å². The highest BCUT2D eigenvalue weighted by molar-refractivity contribution is 6.77. The number of hydrogen-bond donors (Lipinski definition) is 0. The maximum Gasteiger partial charge on any atom is 0.255 e. The second kappa shape index (κ2) is 4.37. The predicted molar refractivity (Wildman–Crippen MR) is 67.0 cm³/mol. The number of pyridine rings is 1. The molecule has 86 valence electrons. The highest BCUT2D eigenvalue weighted by Gasteiger charge is 2.31. The van der Waals surface area contributed by atoms with Crippen molar-refractivity contribution in [1.82, 2.24) is 9.88 Å². The van der Waals surface area contributed by atoms with Crippen LogP contribution in [0.25, 0.3) is 0 Å². The molecule has 1 aliphatic rings. The Hall–Kier alpha value is -1.16. The van der Waals surface area contributed by atoms with E-state index in [4.69, 9.17) is 0 Å². The SMILES string of the molecule is C[Si]1(C)CCCN(C(=O)c2cccnc2)C1. The van der Waals surface area contributed by atoms with Crippen LogP contribution in [0.4, 0.5) is 0 Å². The van der Waals surface area contributed by atoms with Gasteiger partial charge in [0.25, 0.3) is 5.91 Å². The predicted octanol–water partition coefficient (Wildman–Crippen LogP) is 2.18. The molecule has 0 radical (unpaired) electrons. The van der Waals surface area contributed by atoms with Crippen LogP contribution in [-0.4, -0.2) is 36.6 Å². The summed E-state index contributed by atoms with van der Waals surface area (Å²) in [5.74, 6) is 0.147. The highest BCUT2D eigenvalue weighted by Crippen LogP contribution is 2.21. The zero-order valence-corrected chi connectivity index (χ0v) is 10.9. The normalized spacial score (nSPS) is 19.5. The Morgan fingerprint density at radius 2 is 2.31 bits per heavy atom. The van der Waals surface area contributed by atoms with Crippen LogP contribution < -0.4 is 0 Å². The third-order valence-electron chi connectivity index (χ3n) is 3.10. The van der Waals surface area contributed by atoms with Gasteiger partial charge in [0.1, 0.15) is 0 Å². The average Bonchev–Trinajstić information content (AvgIpc) is 2.28. The molecule has 0 atom stereocenters. The zero-order valence-electron chi connectivity index (χ0n) is 9.94. The molecule has 1 fully saturated rings. The summed E-state index contributed by atoms with van der Waals surface area (Å²) in [6.45, 7) is 5.62. The van der Waals surface area contributed by atoms with Crippen molar-refractivity contribution in [3.63, 3.8) is 0 Å². The van der Waals surface area contributed by atoms with Gasteiger partial charge in [0.05, 0.1) is 13.6 Å². The van der Waals surface area contributed by atoms with Gasteiger partial charge in [0, 0.05) is 25.1 Å². The summed E-state index contributed by atoms with van der Waals surface area (Å²) >= 11 is 0. The first-order valence-electron chi connectivity index (χ1n) is 5.78. The number of carbonyl (C=O) groups is 1. The quantitative estimate of drug-likeness (QED) is 0.698. The molecule has 3 nitrogen and oxygen atoms in total. The Labute approximate surface area is 97.5 Å². The largest absolute Gasteiger partial charge is 0.342 e. The molecule has 1 saturated heterocycles. The lowest BCUT2D eigenvalue weighted by Gasteiger charge is -2.36. The second-order valence-electron chi connectivity index (χ2n) is 5.24.